The molecule has 0 spiro atoms. The second-order valence-electron chi connectivity index (χ2n) is 6.79. The Kier molecular flexibility index (Phi) is 5.28. The standard InChI is InChI=1S/C17H25NOS/c1-17(2,3)15-11-9-14(10-12-15)13-18-20(19)16-7-5-4-6-8-16/h4-8,13-15H,9-12H2,1-3H3/t14-,15-,20-/m0/s1. The van der Waals surface area contributed by atoms with Gasteiger partial charge in [0.15, 0.2) is 4.90 Å². The molecule has 1 saturated carbocycles. The molecular formula is C17H25NOS. The van der Waals surface area contributed by atoms with Crippen LogP contribution in [0.25, 0.3) is 0 Å². The first-order valence-electron chi connectivity index (χ1n) is 7.48. The van der Waals surface area contributed by atoms with Crippen LogP contribution in [0.4, 0.5) is 0 Å². The molecule has 1 aliphatic rings. The van der Waals surface area contributed by atoms with E-state index in [1.807, 2.05) is 36.5 Å². The predicted molar refractivity (Wildman–Crippen MR) is 86.2 cm³/mol. The Morgan fingerprint density at radius 1 is 1.10 bits per heavy atom. The Bertz CT molecular complexity index is 430. The third kappa shape index (κ3) is 4.35. The summed E-state index contributed by atoms with van der Waals surface area (Å²) >= 11 is -1.24. The molecule has 1 aromatic rings. The van der Waals surface area contributed by atoms with Gasteiger partial charge in [0.1, 0.15) is 11.4 Å². The molecule has 2 rings (SSSR count). The number of hydrogen-bond donors (Lipinski definition) is 0. The Balaban J connectivity index is 1.85. The van der Waals surface area contributed by atoms with Crippen molar-refractivity contribution >= 4 is 17.6 Å². The minimum absolute atomic E-state index is 0.412. The second-order valence-corrected chi connectivity index (χ2v) is 7.97. The molecule has 20 heavy (non-hydrogen) atoms. The van der Waals surface area contributed by atoms with Crippen molar-refractivity contribution in [3.63, 3.8) is 0 Å². The summed E-state index contributed by atoms with van der Waals surface area (Å²) in [5.41, 5.74) is 0.412. The van der Waals surface area contributed by atoms with Gasteiger partial charge in [-0.05, 0) is 55.1 Å². The quantitative estimate of drug-likeness (QED) is 0.590. The number of rotatable bonds is 3. The van der Waals surface area contributed by atoms with Crippen LogP contribution in [-0.4, -0.2) is 10.8 Å². The van der Waals surface area contributed by atoms with Gasteiger partial charge in [-0.3, -0.25) is 0 Å². The fraction of sp³-hybridized carbons (Fsp3) is 0.588. The minimum Gasteiger partial charge on any atom is -0.586 e. The van der Waals surface area contributed by atoms with E-state index in [9.17, 15) is 4.55 Å². The van der Waals surface area contributed by atoms with Crippen LogP contribution in [0.1, 0.15) is 46.5 Å². The fourth-order valence-electron chi connectivity index (χ4n) is 2.87. The second kappa shape index (κ2) is 6.77. The highest BCUT2D eigenvalue weighted by Gasteiger charge is 2.29. The van der Waals surface area contributed by atoms with Gasteiger partial charge in [-0.2, -0.15) is 0 Å². The van der Waals surface area contributed by atoms with Crippen LogP contribution < -0.4 is 0 Å². The molecule has 0 amide bonds. The molecule has 1 fully saturated rings. The van der Waals surface area contributed by atoms with Crippen LogP contribution in [0.15, 0.2) is 39.6 Å². The number of hydrogen-bond acceptors (Lipinski definition) is 2. The van der Waals surface area contributed by atoms with Crippen molar-refractivity contribution in [2.24, 2.45) is 21.6 Å². The summed E-state index contributed by atoms with van der Waals surface area (Å²) in [5.74, 6) is 1.31. The molecule has 0 bridgehead atoms. The maximum Gasteiger partial charge on any atom is 0.182 e. The van der Waals surface area contributed by atoms with Gasteiger partial charge in [-0.15, -0.1) is 0 Å². The van der Waals surface area contributed by atoms with Crippen molar-refractivity contribution < 1.29 is 4.55 Å². The smallest absolute Gasteiger partial charge is 0.182 e. The summed E-state index contributed by atoms with van der Waals surface area (Å²) in [6.07, 6.45) is 6.81. The molecule has 110 valence electrons. The summed E-state index contributed by atoms with van der Waals surface area (Å²) in [6.45, 7) is 6.99. The lowest BCUT2D eigenvalue weighted by Crippen LogP contribution is -2.26. The normalized spacial score (nSPS) is 25.8. The predicted octanol–water partition coefficient (Wildman–Crippen LogP) is 4.63. The fourth-order valence-corrected chi connectivity index (χ4v) is 3.67. The molecule has 0 radical (unpaired) electrons. The molecule has 0 aliphatic heterocycles. The molecule has 0 saturated heterocycles. The summed E-state index contributed by atoms with van der Waals surface area (Å²) in [5, 5.41) is 0. The van der Waals surface area contributed by atoms with E-state index in [-0.39, 0.29) is 0 Å². The van der Waals surface area contributed by atoms with E-state index in [1.165, 1.54) is 25.7 Å². The summed E-state index contributed by atoms with van der Waals surface area (Å²) in [4.78, 5) is 0.784. The molecule has 0 aromatic heterocycles. The van der Waals surface area contributed by atoms with E-state index in [0.29, 0.717) is 11.3 Å². The van der Waals surface area contributed by atoms with E-state index in [0.717, 1.165) is 10.8 Å². The first-order valence-corrected chi connectivity index (χ1v) is 8.58. The van der Waals surface area contributed by atoms with Gasteiger partial charge in [0.25, 0.3) is 0 Å². The molecule has 1 aliphatic carbocycles. The van der Waals surface area contributed by atoms with Crippen molar-refractivity contribution in [3.8, 4) is 0 Å². The van der Waals surface area contributed by atoms with Gasteiger partial charge in [-0.25, -0.2) is 0 Å². The van der Waals surface area contributed by atoms with Gasteiger partial charge in [0.2, 0.25) is 0 Å². The highest BCUT2D eigenvalue weighted by atomic mass is 32.2. The zero-order valence-corrected chi connectivity index (χ0v) is 13.5. The van der Waals surface area contributed by atoms with E-state index < -0.39 is 11.4 Å². The van der Waals surface area contributed by atoms with Crippen LogP contribution in [-0.2, 0) is 11.4 Å². The van der Waals surface area contributed by atoms with Gasteiger partial charge in [-0.1, -0.05) is 43.4 Å². The Morgan fingerprint density at radius 3 is 2.25 bits per heavy atom. The molecule has 0 N–H and O–H groups in total. The molecule has 0 heterocycles. The Morgan fingerprint density at radius 2 is 1.70 bits per heavy atom. The number of nitrogens with zero attached hydrogens (tertiary/aromatic N) is 1. The molecule has 1 atom stereocenters. The van der Waals surface area contributed by atoms with Crippen LogP contribution in [0, 0.1) is 17.3 Å². The van der Waals surface area contributed by atoms with E-state index >= 15 is 0 Å². The van der Waals surface area contributed by atoms with E-state index in [2.05, 4.69) is 25.2 Å². The molecule has 2 nitrogen and oxygen atoms in total. The van der Waals surface area contributed by atoms with Gasteiger partial charge in [0, 0.05) is 0 Å². The lowest BCUT2D eigenvalue weighted by Gasteiger charge is -2.35. The van der Waals surface area contributed by atoms with Crippen molar-refractivity contribution in [1.82, 2.24) is 0 Å². The Labute approximate surface area is 126 Å². The van der Waals surface area contributed by atoms with E-state index in [4.69, 9.17) is 0 Å². The minimum atomic E-state index is -1.24. The zero-order chi connectivity index (χ0) is 14.6. The van der Waals surface area contributed by atoms with Crippen molar-refractivity contribution in [2.75, 3.05) is 0 Å². The lowest BCUT2D eigenvalue weighted by atomic mass is 9.70. The third-order valence-electron chi connectivity index (χ3n) is 4.31. The Hall–Kier alpha value is -0.800. The average Bonchev–Trinajstić information content (AvgIpc) is 2.45. The largest absolute Gasteiger partial charge is 0.586 e. The van der Waals surface area contributed by atoms with Gasteiger partial charge < -0.3 is 4.55 Å². The maximum absolute atomic E-state index is 12.0. The maximum atomic E-state index is 12.0. The van der Waals surface area contributed by atoms with Crippen LogP contribution in [0.3, 0.4) is 0 Å². The zero-order valence-electron chi connectivity index (χ0n) is 12.7. The highest BCUT2D eigenvalue weighted by molar-refractivity contribution is 7.90. The van der Waals surface area contributed by atoms with Crippen LogP contribution >= 0.6 is 0 Å². The monoisotopic (exact) mass is 291 g/mol. The first-order chi connectivity index (χ1) is 9.47. The molecule has 1 aromatic carbocycles. The lowest BCUT2D eigenvalue weighted by molar-refractivity contribution is 0.168. The van der Waals surface area contributed by atoms with Crippen LogP contribution in [0.2, 0.25) is 0 Å². The number of benzene rings is 1. The SMILES string of the molecule is CC(C)(C)[C@H]1CC[C@H](C=N[S@@+]([O-])c2ccccc2)CC1. The molecular weight excluding hydrogens is 266 g/mol. The van der Waals surface area contributed by atoms with Gasteiger partial charge in [0.05, 0.1) is 6.21 Å². The van der Waals surface area contributed by atoms with Gasteiger partial charge >= 0.3 is 0 Å². The topological polar surface area (TPSA) is 35.4 Å². The summed E-state index contributed by atoms with van der Waals surface area (Å²) < 4.78 is 16.3. The average molecular weight is 291 g/mol. The van der Waals surface area contributed by atoms with Crippen molar-refractivity contribution in [3.05, 3.63) is 30.3 Å². The molecule has 0 unspecified atom stereocenters. The third-order valence-corrected chi connectivity index (χ3v) is 5.30. The van der Waals surface area contributed by atoms with Crippen molar-refractivity contribution in [1.29, 1.82) is 0 Å². The van der Waals surface area contributed by atoms with E-state index in [1.54, 1.807) is 0 Å². The summed E-state index contributed by atoms with van der Waals surface area (Å²) in [6, 6.07) is 9.46. The van der Waals surface area contributed by atoms with Crippen molar-refractivity contribution in [2.45, 2.75) is 51.3 Å². The van der Waals surface area contributed by atoms with Crippen LogP contribution in [0.5, 0.6) is 0 Å². The highest BCUT2D eigenvalue weighted by Crippen LogP contribution is 2.39. The molecule has 3 heteroatoms. The summed E-state index contributed by atoms with van der Waals surface area (Å²) in [7, 11) is 0. The first kappa shape index (κ1) is 15.6.